The predicted octanol–water partition coefficient (Wildman–Crippen LogP) is -0.324. The summed E-state index contributed by atoms with van der Waals surface area (Å²) < 4.78 is 25.3. The summed E-state index contributed by atoms with van der Waals surface area (Å²) in [4.78, 5) is 2.72. The predicted molar refractivity (Wildman–Crippen MR) is 62.8 cm³/mol. The number of aromatic amines is 1. The maximum Gasteiger partial charge on any atom is 0.244 e. The second-order valence-electron chi connectivity index (χ2n) is 3.39. The van der Waals surface area contributed by atoms with Crippen molar-refractivity contribution in [3.8, 4) is 0 Å². The minimum Gasteiger partial charge on any atom is -0.395 e. The van der Waals surface area contributed by atoms with Crippen LogP contribution in [-0.2, 0) is 16.6 Å². The minimum atomic E-state index is -3.65. The van der Waals surface area contributed by atoms with E-state index < -0.39 is 10.0 Å². The number of sulfonamides is 1. The first-order chi connectivity index (χ1) is 8.06. The molecule has 7 heteroatoms. The normalized spacial score (nSPS) is 11.9. The number of aliphatic hydroxyl groups excluding tert-OH is 2. The van der Waals surface area contributed by atoms with Gasteiger partial charge in [0.2, 0.25) is 10.0 Å². The third-order valence-electron chi connectivity index (χ3n) is 2.21. The van der Waals surface area contributed by atoms with Crippen LogP contribution in [0.15, 0.2) is 29.8 Å². The molecule has 6 nitrogen and oxygen atoms in total. The van der Waals surface area contributed by atoms with Crippen LogP contribution in [0.25, 0.3) is 0 Å². The first-order valence-corrected chi connectivity index (χ1v) is 6.50. The van der Waals surface area contributed by atoms with E-state index in [1.165, 1.54) is 18.3 Å². The van der Waals surface area contributed by atoms with Crippen LogP contribution in [0.3, 0.4) is 0 Å². The summed E-state index contributed by atoms with van der Waals surface area (Å²) in [5, 5.41) is 17.7. The zero-order valence-corrected chi connectivity index (χ0v) is 10.2. The summed E-state index contributed by atoms with van der Waals surface area (Å²) in [7, 11) is -3.65. The molecule has 0 unspecified atom stereocenters. The first-order valence-electron chi connectivity index (χ1n) is 5.06. The smallest absolute Gasteiger partial charge is 0.244 e. The average Bonchev–Trinajstić information content (AvgIpc) is 2.78. The highest BCUT2D eigenvalue weighted by Gasteiger charge is 2.23. The topological polar surface area (TPSA) is 93.6 Å². The number of nitrogens with one attached hydrogen (secondary N) is 1. The monoisotopic (exact) mass is 260 g/mol. The van der Waals surface area contributed by atoms with Crippen LogP contribution in [0.1, 0.15) is 5.69 Å². The molecule has 0 fully saturated rings. The van der Waals surface area contributed by atoms with Crippen LogP contribution in [0.5, 0.6) is 0 Å². The van der Waals surface area contributed by atoms with Gasteiger partial charge in [0.15, 0.2) is 0 Å². The van der Waals surface area contributed by atoms with Crippen LogP contribution in [0, 0.1) is 0 Å². The minimum absolute atomic E-state index is 0.00793. The number of H-pyrrole nitrogens is 1. The second-order valence-corrected chi connectivity index (χ2v) is 5.33. The molecule has 0 saturated carbocycles. The molecule has 0 aromatic carbocycles. The third kappa shape index (κ3) is 3.16. The van der Waals surface area contributed by atoms with Gasteiger partial charge in [-0.1, -0.05) is 6.08 Å². The Morgan fingerprint density at radius 1 is 1.47 bits per heavy atom. The fraction of sp³-hybridized carbons (Fsp3) is 0.400. The molecule has 17 heavy (non-hydrogen) atoms. The first kappa shape index (κ1) is 13.9. The lowest BCUT2D eigenvalue weighted by Gasteiger charge is -2.18. The molecule has 0 radical (unpaired) electrons. The van der Waals surface area contributed by atoms with E-state index in [-0.39, 0.29) is 31.2 Å². The molecule has 1 heterocycles. The lowest BCUT2D eigenvalue weighted by molar-refractivity contribution is 0.260. The Balaban J connectivity index is 3.02. The Bertz CT molecular complexity index is 466. The maximum atomic E-state index is 12.1. The van der Waals surface area contributed by atoms with Gasteiger partial charge in [-0.2, -0.15) is 4.31 Å². The van der Waals surface area contributed by atoms with E-state index >= 15 is 0 Å². The van der Waals surface area contributed by atoms with E-state index in [4.69, 9.17) is 10.2 Å². The largest absolute Gasteiger partial charge is 0.395 e. The molecule has 0 spiro atoms. The van der Waals surface area contributed by atoms with Crippen LogP contribution in [0.4, 0.5) is 0 Å². The molecule has 0 atom stereocenters. The Kier molecular flexibility index (Phi) is 4.88. The van der Waals surface area contributed by atoms with Gasteiger partial charge < -0.3 is 15.2 Å². The number of hydrogen-bond acceptors (Lipinski definition) is 4. The van der Waals surface area contributed by atoms with Crippen molar-refractivity contribution in [1.82, 2.24) is 9.29 Å². The SMILES string of the molecule is C=CCN(CCO)S(=O)(=O)c1c[nH]c(CO)c1. The molecular weight excluding hydrogens is 244 g/mol. The van der Waals surface area contributed by atoms with Gasteiger partial charge in [0, 0.05) is 25.0 Å². The third-order valence-corrected chi connectivity index (χ3v) is 4.05. The second kappa shape index (κ2) is 5.97. The molecule has 0 aliphatic rings. The van der Waals surface area contributed by atoms with Crippen molar-refractivity contribution in [1.29, 1.82) is 0 Å². The van der Waals surface area contributed by atoms with Gasteiger partial charge in [-0.15, -0.1) is 6.58 Å². The van der Waals surface area contributed by atoms with Gasteiger partial charge in [0.25, 0.3) is 0 Å². The molecule has 96 valence electrons. The molecule has 1 rings (SSSR count). The molecule has 0 saturated heterocycles. The lowest BCUT2D eigenvalue weighted by Crippen LogP contribution is -2.33. The van der Waals surface area contributed by atoms with Crippen LogP contribution in [0.2, 0.25) is 0 Å². The summed E-state index contributed by atoms with van der Waals surface area (Å²) in [6.45, 7) is 3.10. The number of aliphatic hydroxyl groups is 2. The van der Waals surface area contributed by atoms with Crippen molar-refractivity contribution in [2.24, 2.45) is 0 Å². The van der Waals surface area contributed by atoms with E-state index in [1.54, 1.807) is 0 Å². The highest BCUT2D eigenvalue weighted by Crippen LogP contribution is 2.16. The van der Waals surface area contributed by atoms with Gasteiger partial charge in [-0.25, -0.2) is 8.42 Å². The number of rotatable bonds is 7. The summed E-state index contributed by atoms with van der Waals surface area (Å²) in [6.07, 6.45) is 2.77. The molecule has 3 N–H and O–H groups in total. The van der Waals surface area contributed by atoms with Crippen molar-refractivity contribution in [2.75, 3.05) is 19.7 Å². The molecule has 1 aromatic heterocycles. The van der Waals surface area contributed by atoms with Crippen molar-refractivity contribution < 1.29 is 18.6 Å². The average molecular weight is 260 g/mol. The van der Waals surface area contributed by atoms with Crippen molar-refractivity contribution >= 4 is 10.0 Å². The summed E-state index contributed by atoms with van der Waals surface area (Å²) >= 11 is 0. The van der Waals surface area contributed by atoms with Crippen LogP contribution in [-0.4, -0.2) is 47.6 Å². The zero-order chi connectivity index (χ0) is 12.9. The van der Waals surface area contributed by atoms with E-state index in [1.807, 2.05) is 0 Å². The Hall–Kier alpha value is -1.15. The number of aromatic nitrogens is 1. The lowest BCUT2D eigenvalue weighted by atomic mass is 10.5. The van der Waals surface area contributed by atoms with Gasteiger partial charge in [0.05, 0.1) is 18.1 Å². The molecule has 0 bridgehead atoms. The highest BCUT2D eigenvalue weighted by molar-refractivity contribution is 7.89. The Labute approximate surface area is 100 Å². The molecule has 1 aromatic rings. The van der Waals surface area contributed by atoms with Crippen LogP contribution < -0.4 is 0 Å². The zero-order valence-electron chi connectivity index (χ0n) is 9.33. The van der Waals surface area contributed by atoms with E-state index in [0.29, 0.717) is 5.69 Å². The van der Waals surface area contributed by atoms with E-state index in [9.17, 15) is 8.42 Å². The van der Waals surface area contributed by atoms with E-state index in [0.717, 1.165) is 4.31 Å². The number of nitrogens with zero attached hydrogens (tertiary/aromatic N) is 1. The Morgan fingerprint density at radius 2 is 2.18 bits per heavy atom. The van der Waals surface area contributed by atoms with E-state index in [2.05, 4.69) is 11.6 Å². The van der Waals surface area contributed by atoms with Crippen molar-refractivity contribution in [3.05, 3.63) is 30.6 Å². The number of hydrogen-bond donors (Lipinski definition) is 3. The highest BCUT2D eigenvalue weighted by atomic mass is 32.2. The fourth-order valence-electron chi connectivity index (χ4n) is 1.37. The molecule has 0 aliphatic heterocycles. The van der Waals surface area contributed by atoms with Crippen molar-refractivity contribution in [2.45, 2.75) is 11.5 Å². The van der Waals surface area contributed by atoms with Crippen LogP contribution >= 0.6 is 0 Å². The standard InChI is InChI=1S/C10H16N2O4S/c1-2-3-12(4-5-13)17(15,16)10-6-9(8-14)11-7-10/h2,6-7,11,13-14H,1,3-5,8H2. The van der Waals surface area contributed by atoms with Gasteiger partial charge in [-0.3, -0.25) is 0 Å². The van der Waals surface area contributed by atoms with Gasteiger partial charge in [0.1, 0.15) is 0 Å². The molecule has 0 amide bonds. The molecular formula is C10H16N2O4S. The van der Waals surface area contributed by atoms with Gasteiger partial charge >= 0.3 is 0 Å². The summed E-state index contributed by atoms with van der Waals surface area (Å²) in [5.74, 6) is 0. The fourth-order valence-corrected chi connectivity index (χ4v) is 2.79. The molecule has 0 aliphatic carbocycles. The Morgan fingerprint density at radius 3 is 2.65 bits per heavy atom. The van der Waals surface area contributed by atoms with Crippen molar-refractivity contribution in [3.63, 3.8) is 0 Å². The quantitative estimate of drug-likeness (QED) is 0.585. The van der Waals surface area contributed by atoms with Gasteiger partial charge in [-0.05, 0) is 6.07 Å². The maximum absolute atomic E-state index is 12.1. The summed E-state index contributed by atoms with van der Waals surface area (Å²) in [5.41, 5.74) is 0.422. The summed E-state index contributed by atoms with van der Waals surface area (Å²) in [6, 6.07) is 1.36.